The number of nitrogens with zero attached hydrogens (tertiary/aromatic N) is 3. The zero-order chi connectivity index (χ0) is 19.1. The molecular weight excluding hydrogens is 423 g/mol. The minimum absolute atomic E-state index is 0.00504. The van der Waals surface area contributed by atoms with Gasteiger partial charge in [-0.1, -0.05) is 34.5 Å². The lowest BCUT2D eigenvalue weighted by Gasteiger charge is -2.22. The number of anilines is 1. The molecule has 2 rings (SSSR count). The minimum Gasteiger partial charge on any atom is -0.755 e. The molecule has 1 heterocycles. The molecule has 2 aromatic rings. The monoisotopic (exact) mass is 437 g/mol. The molecule has 142 valence electrons. The molecule has 1 atom stereocenters. The van der Waals surface area contributed by atoms with Crippen molar-refractivity contribution in [2.24, 2.45) is 0 Å². The molecule has 1 N–H and O–H groups in total. The van der Waals surface area contributed by atoms with Crippen LogP contribution in [-0.2, 0) is 20.8 Å². The van der Waals surface area contributed by atoms with Crippen LogP contribution < -0.4 is 9.62 Å². The molecule has 1 unspecified atom stereocenters. The van der Waals surface area contributed by atoms with E-state index in [0.717, 1.165) is 15.6 Å². The maximum atomic E-state index is 11.5. The number of aromatic nitrogens is 2. The summed E-state index contributed by atoms with van der Waals surface area (Å²) in [5.41, 5.74) is 0.608. The third-order valence-electron chi connectivity index (χ3n) is 3.04. The van der Waals surface area contributed by atoms with Gasteiger partial charge in [0, 0.05) is 34.9 Å². The third-order valence-corrected chi connectivity index (χ3v) is 5.39. The maximum Gasteiger partial charge on any atom is 0.319 e. The van der Waals surface area contributed by atoms with E-state index in [9.17, 15) is 13.6 Å². The Kier molecular flexibility index (Phi) is 8.19. The highest BCUT2D eigenvalue weighted by molar-refractivity contribution is 7.80. The fraction of sp³-hybridized carbons (Fsp3) is 0.357. The molecule has 0 spiro atoms. The number of hydrogen-bond donors (Lipinski definition) is 1. The molecule has 0 aliphatic carbocycles. The van der Waals surface area contributed by atoms with Crippen LogP contribution >= 0.6 is 34.5 Å². The molecule has 0 radical (unpaired) electrons. The molecule has 0 bridgehead atoms. The Labute approximate surface area is 166 Å². The molecule has 0 saturated heterocycles. The van der Waals surface area contributed by atoms with Crippen LogP contribution in [0.15, 0.2) is 18.2 Å². The fourth-order valence-corrected chi connectivity index (χ4v) is 3.98. The zero-order valence-electron chi connectivity index (χ0n) is 13.6. The van der Waals surface area contributed by atoms with Crippen molar-refractivity contribution in [2.75, 3.05) is 30.5 Å². The number of benzene rings is 1. The van der Waals surface area contributed by atoms with Crippen molar-refractivity contribution in [1.82, 2.24) is 15.5 Å². The lowest BCUT2D eigenvalue weighted by Crippen LogP contribution is -2.35. The van der Waals surface area contributed by atoms with Crippen molar-refractivity contribution in [2.45, 2.75) is 6.92 Å². The topological polar surface area (TPSA) is 107 Å². The summed E-state index contributed by atoms with van der Waals surface area (Å²) in [7, 11) is 0. The van der Waals surface area contributed by atoms with Crippen LogP contribution in [0.2, 0.25) is 10.0 Å². The van der Waals surface area contributed by atoms with Crippen molar-refractivity contribution in [1.29, 1.82) is 0 Å². The van der Waals surface area contributed by atoms with Gasteiger partial charge >= 0.3 is 5.97 Å². The van der Waals surface area contributed by atoms with Gasteiger partial charge in [0.1, 0.15) is 0 Å². The molecule has 0 saturated carbocycles. The van der Waals surface area contributed by atoms with Gasteiger partial charge in [-0.2, -0.15) is 0 Å². The highest BCUT2D eigenvalue weighted by Gasteiger charge is 2.16. The first-order valence-corrected chi connectivity index (χ1v) is 10.0. The van der Waals surface area contributed by atoms with E-state index in [1.165, 1.54) is 0 Å². The Morgan fingerprint density at radius 1 is 1.42 bits per heavy atom. The average molecular weight is 438 g/mol. The van der Waals surface area contributed by atoms with Gasteiger partial charge in [-0.05, 0) is 25.1 Å². The number of rotatable bonds is 9. The highest BCUT2D eigenvalue weighted by atomic mass is 35.5. The summed E-state index contributed by atoms with van der Waals surface area (Å²) in [5, 5.41) is 12.3. The number of carbonyl (C=O) groups excluding carboxylic acids is 1. The van der Waals surface area contributed by atoms with E-state index in [0.29, 0.717) is 20.6 Å². The molecular formula is C14H15Cl2N4O4S2-. The molecule has 12 heteroatoms. The van der Waals surface area contributed by atoms with Crippen LogP contribution in [0.25, 0.3) is 10.6 Å². The predicted octanol–water partition coefficient (Wildman–Crippen LogP) is 2.27. The first kappa shape index (κ1) is 21.0. The smallest absolute Gasteiger partial charge is 0.319 e. The number of hydrogen-bond acceptors (Lipinski definition) is 8. The van der Waals surface area contributed by atoms with E-state index in [-0.39, 0.29) is 31.4 Å². The third kappa shape index (κ3) is 5.86. The second-order valence-corrected chi connectivity index (χ2v) is 7.49. The Morgan fingerprint density at radius 3 is 2.85 bits per heavy atom. The molecule has 0 fully saturated rings. The summed E-state index contributed by atoms with van der Waals surface area (Å²) >= 11 is 10.5. The van der Waals surface area contributed by atoms with E-state index in [2.05, 4.69) is 15.5 Å². The van der Waals surface area contributed by atoms with Gasteiger partial charge in [0.05, 0.1) is 18.2 Å². The molecule has 0 aliphatic heterocycles. The second kappa shape index (κ2) is 10.1. The molecule has 1 aromatic carbocycles. The molecule has 0 amide bonds. The average Bonchev–Trinajstić information content (AvgIpc) is 3.03. The second-order valence-electron chi connectivity index (χ2n) is 4.81. The number of ether oxygens (including phenoxy) is 1. The summed E-state index contributed by atoms with van der Waals surface area (Å²) in [6.07, 6.45) is 0. The van der Waals surface area contributed by atoms with Gasteiger partial charge in [0.2, 0.25) is 5.13 Å². The normalized spacial score (nSPS) is 12.0. The predicted molar refractivity (Wildman–Crippen MR) is 101 cm³/mol. The van der Waals surface area contributed by atoms with Gasteiger partial charge in [-0.15, -0.1) is 10.2 Å². The van der Waals surface area contributed by atoms with Gasteiger partial charge in [0.15, 0.2) is 5.01 Å². The van der Waals surface area contributed by atoms with Gasteiger partial charge in [-0.3, -0.25) is 13.3 Å². The lowest BCUT2D eigenvalue weighted by molar-refractivity contribution is -0.141. The Bertz CT molecular complexity index is 790. The van der Waals surface area contributed by atoms with E-state index < -0.39 is 17.2 Å². The van der Waals surface area contributed by atoms with Crippen LogP contribution in [0.4, 0.5) is 5.13 Å². The Balaban J connectivity index is 2.03. The Hall–Kier alpha value is -1.30. The van der Waals surface area contributed by atoms with Crippen molar-refractivity contribution in [3.8, 4) is 10.6 Å². The van der Waals surface area contributed by atoms with E-state index in [1.807, 2.05) is 0 Å². The summed E-state index contributed by atoms with van der Waals surface area (Å²) in [6, 6.07) is 4.92. The van der Waals surface area contributed by atoms with Crippen LogP contribution in [-0.4, -0.2) is 51.2 Å². The van der Waals surface area contributed by atoms with Crippen LogP contribution in [0.3, 0.4) is 0 Å². The quantitative estimate of drug-likeness (QED) is 0.364. The van der Waals surface area contributed by atoms with Crippen molar-refractivity contribution in [3.63, 3.8) is 0 Å². The van der Waals surface area contributed by atoms with Gasteiger partial charge < -0.3 is 14.6 Å². The van der Waals surface area contributed by atoms with E-state index >= 15 is 0 Å². The van der Waals surface area contributed by atoms with Gasteiger partial charge in [-0.25, -0.2) is 0 Å². The van der Waals surface area contributed by atoms with Crippen molar-refractivity contribution in [3.05, 3.63) is 28.2 Å². The number of carbonyl (C=O) groups is 1. The highest BCUT2D eigenvalue weighted by Crippen LogP contribution is 2.34. The summed E-state index contributed by atoms with van der Waals surface area (Å²) in [6.45, 7) is 2.31. The number of esters is 1. The first-order valence-electron chi connectivity index (χ1n) is 7.44. The zero-order valence-corrected chi connectivity index (χ0v) is 16.8. The van der Waals surface area contributed by atoms with E-state index in [4.69, 9.17) is 27.9 Å². The molecule has 26 heavy (non-hydrogen) atoms. The maximum absolute atomic E-state index is 11.5. The lowest BCUT2D eigenvalue weighted by atomic mass is 10.2. The van der Waals surface area contributed by atoms with Crippen LogP contribution in [0, 0.1) is 0 Å². The van der Waals surface area contributed by atoms with Crippen LogP contribution in [0.1, 0.15) is 6.92 Å². The molecule has 8 nitrogen and oxygen atoms in total. The molecule has 0 aliphatic rings. The number of nitrogens with one attached hydrogen (secondary N) is 1. The van der Waals surface area contributed by atoms with E-state index in [1.54, 1.807) is 25.1 Å². The Morgan fingerprint density at radius 2 is 2.19 bits per heavy atom. The minimum atomic E-state index is -2.54. The van der Waals surface area contributed by atoms with Crippen molar-refractivity contribution >= 4 is 56.9 Å². The SMILES string of the molecule is CCOC(=O)CNCCN(c1nnc(-c2ccc(Cl)cc2Cl)s1)S(=O)[O-]. The summed E-state index contributed by atoms with van der Waals surface area (Å²) < 4.78 is 28.8. The number of halogens is 2. The molecule has 1 aromatic heterocycles. The van der Waals surface area contributed by atoms with Crippen LogP contribution in [0.5, 0.6) is 0 Å². The first-order chi connectivity index (χ1) is 12.4. The van der Waals surface area contributed by atoms with Gasteiger partial charge in [0.25, 0.3) is 0 Å². The largest absolute Gasteiger partial charge is 0.755 e. The van der Waals surface area contributed by atoms with Crippen molar-refractivity contribution < 1.29 is 18.3 Å². The standard InChI is InChI=1S/C14H16Cl2N4O4S2/c1-2-24-12(21)8-17-5-6-20(26(22)23)14-19-18-13(25-14)10-4-3-9(15)7-11(10)16/h3-4,7,17H,2,5-6,8H2,1H3,(H,22,23)/p-1. The summed E-state index contributed by atoms with van der Waals surface area (Å²) in [5.74, 6) is -0.405. The summed E-state index contributed by atoms with van der Waals surface area (Å²) in [4.78, 5) is 11.2. The fourth-order valence-electron chi connectivity index (χ4n) is 1.91.